The first kappa shape index (κ1) is 20.7. The van der Waals surface area contributed by atoms with Crippen LogP contribution >= 0.6 is 0 Å². The van der Waals surface area contributed by atoms with Gasteiger partial charge in [-0.15, -0.1) is 0 Å². The van der Waals surface area contributed by atoms with Gasteiger partial charge in [-0.3, -0.25) is 14.9 Å². The quantitative estimate of drug-likeness (QED) is 0.584. The highest BCUT2D eigenvalue weighted by atomic mass is 32.2. The number of nitrogens with one attached hydrogen (secondary N) is 1. The van der Waals surface area contributed by atoms with Crippen molar-refractivity contribution in [1.82, 2.24) is 4.90 Å². The molecule has 1 heterocycles. The molecule has 154 valence electrons. The molecule has 1 aliphatic rings. The first-order valence-electron chi connectivity index (χ1n) is 8.98. The first-order chi connectivity index (χ1) is 13.6. The molecule has 0 saturated carbocycles. The van der Waals surface area contributed by atoms with Crippen molar-refractivity contribution in [2.24, 2.45) is 0 Å². The summed E-state index contributed by atoms with van der Waals surface area (Å²) in [6.45, 7) is 2.94. The van der Waals surface area contributed by atoms with Gasteiger partial charge in [-0.2, -0.15) is 0 Å². The zero-order chi connectivity index (χ0) is 21.2. The minimum absolute atomic E-state index is 0.0756. The lowest BCUT2D eigenvalue weighted by molar-refractivity contribution is -0.384. The summed E-state index contributed by atoms with van der Waals surface area (Å²) in [7, 11) is -1.42. The van der Waals surface area contributed by atoms with Crippen LogP contribution in [0.5, 0.6) is 0 Å². The van der Waals surface area contributed by atoms with Crippen molar-refractivity contribution in [2.45, 2.75) is 4.90 Å². The van der Waals surface area contributed by atoms with E-state index in [-0.39, 0.29) is 16.1 Å². The Bertz CT molecular complexity index is 1050. The predicted octanol–water partition coefficient (Wildman–Crippen LogP) is 2.00. The van der Waals surface area contributed by atoms with Crippen LogP contribution in [0.15, 0.2) is 47.4 Å². The lowest BCUT2D eigenvalue weighted by atomic mass is 10.1. The number of nitrogens with zero attached hydrogens (tertiary/aromatic N) is 3. The lowest BCUT2D eigenvalue weighted by Gasteiger charge is -2.33. The van der Waals surface area contributed by atoms with Gasteiger partial charge in [0.25, 0.3) is 11.6 Å². The van der Waals surface area contributed by atoms with E-state index in [1.807, 2.05) is 11.9 Å². The third-order valence-corrected chi connectivity index (χ3v) is 5.91. The molecule has 1 aliphatic heterocycles. The van der Waals surface area contributed by atoms with Crippen molar-refractivity contribution in [1.29, 1.82) is 0 Å². The summed E-state index contributed by atoms with van der Waals surface area (Å²) >= 11 is 0. The van der Waals surface area contributed by atoms with Crippen LogP contribution in [-0.4, -0.2) is 63.6 Å². The molecule has 0 radical (unpaired) electrons. The molecule has 0 aromatic heterocycles. The van der Waals surface area contributed by atoms with Crippen LogP contribution in [0.4, 0.5) is 17.1 Å². The Morgan fingerprint density at radius 2 is 1.79 bits per heavy atom. The van der Waals surface area contributed by atoms with E-state index in [2.05, 4.69) is 10.2 Å². The second-order valence-electron chi connectivity index (χ2n) is 7.01. The smallest absolute Gasteiger partial charge is 0.293 e. The maximum Gasteiger partial charge on any atom is 0.293 e. The van der Waals surface area contributed by atoms with Gasteiger partial charge >= 0.3 is 0 Å². The van der Waals surface area contributed by atoms with Crippen LogP contribution < -0.4 is 10.2 Å². The summed E-state index contributed by atoms with van der Waals surface area (Å²) in [4.78, 5) is 27.8. The van der Waals surface area contributed by atoms with Crippen molar-refractivity contribution in [3.63, 3.8) is 0 Å². The molecule has 1 amide bonds. The van der Waals surface area contributed by atoms with Gasteiger partial charge in [-0.05, 0) is 37.4 Å². The highest BCUT2D eigenvalue weighted by Gasteiger charge is 2.24. The molecule has 10 heteroatoms. The molecule has 1 N–H and O–H groups in total. The summed E-state index contributed by atoms with van der Waals surface area (Å²) in [5.74, 6) is -0.552. The molecule has 0 unspecified atom stereocenters. The van der Waals surface area contributed by atoms with Crippen LogP contribution in [0, 0.1) is 10.1 Å². The van der Waals surface area contributed by atoms with Crippen molar-refractivity contribution in [3.05, 3.63) is 58.1 Å². The van der Waals surface area contributed by atoms with E-state index in [0.717, 1.165) is 19.3 Å². The second kappa shape index (κ2) is 8.18. The number of nitro groups is 1. The number of anilines is 2. The van der Waals surface area contributed by atoms with Gasteiger partial charge in [0.2, 0.25) is 0 Å². The number of rotatable bonds is 5. The number of carbonyl (C=O) groups excluding carboxylic acids is 1. The maximum atomic E-state index is 12.6. The van der Waals surface area contributed by atoms with Gasteiger partial charge in [0.15, 0.2) is 9.84 Å². The minimum Gasteiger partial charge on any atom is -0.363 e. The average molecular weight is 418 g/mol. The Hall–Kier alpha value is -2.98. The number of hydrogen-bond donors (Lipinski definition) is 1. The Morgan fingerprint density at radius 1 is 1.10 bits per heavy atom. The zero-order valence-electron chi connectivity index (χ0n) is 16.2. The Morgan fingerprint density at radius 3 is 2.41 bits per heavy atom. The number of nitro benzene ring substituents is 1. The Balaban J connectivity index is 1.85. The summed E-state index contributed by atoms with van der Waals surface area (Å²) in [6.07, 6.45) is 1.08. The molecule has 9 nitrogen and oxygen atoms in total. The molecule has 0 atom stereocenters. The third kappa shape index (κ3) is 4.90. The van der Waals surface area contributed by atoms with Gasteiger partial charge in [0, 0.05) is 49.8 Å². The molecule has 1 fully saturated rings. The van der Waals surface area contributed by atoms with Crippen molar-refractivity contribution >= 4 is 32.8 Å². The normalized spacial score (nSPS) is 15.2. The summed E-state index contributed by atoms with van der Waals surface area (Å²) < 4.78 is 23.3. The van der Waals surface area contributed by atoms with Gasteiger partial charge in [-0.1, -0.05) is 6.07 Å². The monoisotopic (exact) mass is 418 g/mol. The number of sulfone groups is 1. The number of benzene rings is 2. The molecule has 0 spiro atoms. The van der Waals surface area contributed by atoms with E-state index in [9.17, 15) is 23.3 Å². The van der Waals surface area contributed by atoms with Crippen molar-refractivity contribution in [3.8, 4) is 0 Å². The molecule has 2 aromatic carbocycles. The van der Waals surface area contributed by atoms with Gasteiger partial charge in [0.1, 0.15) is 5.69 Å². The fourth-order valence-electron chi connectivity index (χ4n) is 3.13. The summed E-state index contributed by atoms with van der Waals surface area (Å²) in [5, 5.41) is 14.2. The number of hydrogen-bond acceptors (Lipinski definition) is 7. The standard InChI is InChI=1S/C19H22N4O5S/c1-21-8-10-22(11-9-21)17-7-6-14(12-18(17)23(25)26)19(24)20-15-4-3-5-16(13-15)29(2,27)28/h3-7,12-13H,8-11H2,1-2H3,(H,20,24). The van der Waals surface area contributed by atoms with Gasteiger partial charge in [-0.25, -0.2) is 8.42 Å². The second-order valence-corrected chi connectivity index (χ2v) is 9.02. The van der Waals surface area contributed by atoms with E-state index in [0.29, 0.717) is 24.5 Å². The number of piperazine rings is 1. The van der Waals surface area contributed by atoms with E-state index >= 15 is 0 Å². The molecule has 0 aliphatic carbocycles. The fourth-order valence-corrected chi connectivity index (χ4v) is 3.80. The molecule has 0 bridgehead atoms. The largest absolute Gasteiger partial charge is 0.363 e. The van der Waals surface area contributed by atoms with Crippen LogP contribution in [0.1, 0.15) is 10.4 Å². The first-order valence-corrected chi connectivity index (χ1v) is 10.9. The number of amides is 1. The maximum absolute atomic E-state index is 12.6. The molecular formula is C19H22N4O5S. The molecule has 2 aromatic rings. The predicted molar refractivity (Wildman–Crippen MR) is 110 cm³/mol. The summed E-state index contributed by atoms with van der Waals surface area (Å²) in [5.41, 5.74) is 0.772. The Labute approximate surface area is 169 Å². The summed E-state index contributed by atoms with van der Waals surface area (Å²) in [6, 6.07) is 10.2. The molecule has 29 heavy (non-hydrogen) atoms. The highest BCUT2D eigenvalue weighted by Crippen LogP contribution is 2.30. The van der Waals surface area contributed by atoms with Crippen LogP contribution in [-0.2, 0) is 9.84 Å². The third-order valence-electron chi connectivity index (χ3n) is 4.80. The minimum atomic E-state index is -3.42. The Kier molecular flexibility index (Phi) is 5.85. The molecular weight excluding hydrogens is 396 g/mol. The van der Waals surface area contributed by atoms with Crippen LogP contribution in [0.3, 0.4) is 0 Å². The van der Waals surface area contributed by atoms with Crippen molar-refractivity contribution in [2.75, 3.05) is 49.7 Å². The average Bonchev–Trinajstić information content (AvgIpc) is 2.67. The van der Waals surface area contributed by atoms with Gasteiger partial charge in [0.05, 0.1) is 9.82 Å². The van der Waals surface area contributed by atoms with E-state index in [1.54, 1.807) is 12.1 Å². The molecule has 1 saturated heterocycles. The van der Waals surface area contributed by atoms with Crippen molar-refractivity contribution < 1.29 is 18.1 Å². The van der Waals surface area contributed by atoms with Crippen LogP contribution in [0.25, 0.3) is 0 Å². The fraction of sp³-hybridized carbons (Fsp3) is 0.316. The highest BCUT2D eigenvalue weighted by molar-refractivity contribution is 7.90. The topological polar surface area (TPSA) is 113 Å². The van der Waals surface area contributed by atoms with E-state index in [1.165, 1.54) is 30.3 Å². The SMILES string of the molecule is CN1CCN(c2ccc(C(=O)Nc3cccc(S(C)(=O)=O)c3)cc2[N+](=O)[O-])CC1. The van der Waals surface area contributed by atoms with E-state index in [4.69, 9.17) is 0 Å². The van der Waals surface area contributed by atoms with Crippen LogP contribution in [0.2, 0.25) is 0 Å². The van der Waals surface area contributed by atoms with Gasteiger partial charge < -0.3 is 15.1 Å². The zero-order valence-corrected chi connectivity index (χ0v) is 17.0. The number of likely N-dealkylation sites (N-methyl/N-ethyl adjacent to an activating group) is 1. The number of carbonyl (C=O) groups is 1. The molecule has 3 rings (SSSR count). The lowest BCUT2D eigenvalue weighted by Crippen LogP contribution is -2.44. The van der Waals surface area contributed by atoms with E-state index < -0.39 is 20.7 Å².